The number of ketones is 1. The second kappa shape index (κ2) is 5.63. The molecule has 0 amide bonds. The van der Waals surface area contributed by atoms with Crippen molar-refractivity contribution in [3.05, 3.63) is 22.7 Å². The summed E-state index contributed by atoms with van der Waals surface area (Å²) in [5.41, 5.74) is 2.52. The van der Waals surface area contributed by atoms with Gasteiger partial charge in [0.2, 0.25) is 0 Å². The minimum absolute atomic E-state index is 0.000845. The fourth-order valence-corrected chi connectivity index (χ4v) is 3.36. The van der Waals surface area contributed by atoms with Crippen LogP contribution in [0.3, 0.4) is 0 Å². The summed E-state index contributed by atoms with van der Waals surface area (Å²) >= 11 is 10.8. The van der Waals surface area contributed by atoms with E-state index in [0.717, 1.165) is 28.3 Å². The third-order valence-corrected chi connectivity index (χ3v) is 4.41. The highest BCUT2D eigenvalue weighted by atomic mass is 79.9. The summed E-state index contributed by atoms with van der Waals surface area (Å²) < 4.78 is 8.43. The molecular weight excluding hydrogens is 336 g/mol. The number of nitrogens with zero attached hydrogens (tertiary/aromatic N) is 2. The average Bonchev–Trinajstić information content (AvgIpc) is 2.79. The second-order valence-corrected chi connectivity index (χ2v) is 6.43. The molecule has 0 saturated heterocycles. The van der Waals surface area contributed by atoms with Gasteiger partial charge in [-0.1, -0.05) is 41.4 Å². The zero-order valence-corrected chi connectivity index (χ0v) is 13.1. The van der Waals surface area contributed by atoms with Crippen LogP contribution in [0.25, 0.3) is 11.0 Å². The van der Waals surface area contributed by atoms with Gasteiger partial charge in [0.25, 0.3) is 0 Å². The Morgan fingerprint density at radius 3 is 2.83 bits per heavy atom. The van der Waals surface area contributed by atoms with Crippen LogP contribution in [-0.2, 0) is 11.2 Å². The van der Waals surface area contributed by atoms with Gasteiger partial charge in [0, 0.05) is 16.5 Å². The van der Waals surface area contributed by atoms with Crippen molar-refractivity contribution in [2.75, 3.05) is 0 Å². The Bertz CT molecular complexity index is 584. The molecule has 0 N–H and O–H groups in total. The molecule has 3 nitrogen and oxygen atoms in total. The lowest BCUT2D eigenvalue weighted by Gasteiger charge is -2.12. The quantitative estimate of drug-likeness (QED) is 0.788. The highest BCUT2D eigenvalue weighted by Gasteiger charge is 2.21. The average molecular weight is 348 g/mol. The van der Waals surface area contributed by atoms with E-state index in [1.807, 2.05) is 19.9 Å². The molecule has 2 rings (SSSR count). The Kier molecular flexibility index (Phi) is 4.35. The van der Waals surface area contributed by atoms with E-state index >= 15 is 0 Å². The van der Waals surface area contributed by atoms with E-state index in [-0.39, 0.29) is 16.5 Å². The monoisotopic (exact) mass is 346 g/mol. The molecule has 1 atom stereocenters. The number of hydrogen-bond donors (Lipinski definition) is 0. The summed E-state index contributed by atoms with van der Waals surface area (Å²) in [6, 6.07) is 3.65. The van der Waals surface area contributed by atoms with E-state index in [9.17, 15) is 4.79 Å². The summed E-state index contributed by atoms with van der Waals surface area (Å²) in [5.74, 6) is 0.173. The van der Waals surface area contributed by atoms with Gasteiger partial charge in [0.15, 0.2) is 0 Å². The highest BCUT2D eigenvalue weighted by molar-refractivity contribution is 9.10. The van der Waals surface area contributed by atoms with Crippen LogP contribution in [0.2, 0.25) is 5.02 Å². The fraction of sp³-hybridized carbons (Fsp3) is 0.417. The van der Waals surface area contributed by atoms with Crippen LogP contribution in [0, 0.1) is 5.92 Å². The Morgan fingerprint density at radius 2 is 2.17 bits per heavy atom. The maximum Gasteiger partial charge on any atom is 0.149 e. The molecular formula is C12H12BrClN2OS. The summed E-state index contributed by atoms with van der Waals surface area (Å²) in [7, 11) is 0. The van der Waals surface area contributed by atoms with Gasteiger partial charge in [0.05, 0.1) is 16.6 Å². The van der Waals surface area contributed by atoms with Crippen molar-refractivity contribution < 1.29 is 4.79 Å². The Hall–Kier alpha value is -0.520. The number of rotatable bonds is 4. The van der Waals surface area contributed by atoms with Gasteiger partial charge in [-0.2, -0.15) is 8.75 Å². The standard InChI is InChI=1S/C12H12BrClN2OS/c1-6(2)12(17)8(13)5-7-9(14)3-4-10-11(7)16-18-15-10/h3-4,6,8H,5H2,1-2H3. The van der Waals surface area contributed by atoms with Crippen LogP contribution in [-0.4, -0.2) is 19.4 Å². The highest BCUT2D eigenvalue weighted by Crippen LogP contribution is 2.28. The minimum Gasteiger partial charge on any atom is -0.298 e. The van der Waals surface area contributed by atoms with Crippen LogP contribution >= 0.6 is 39.3 Å². The molecule has 0 radical (unpaired) electrons. The molecule has 0 saturated carbocycles. The van der Waals surface area contributed by atoms with Gasteiger partial charge >= 0.3 is 0 Å². The van der Waals surface area contributed by atoms with Crippen LogP contribution in [0.4, 0.5) is 0 Å². The maximum absolute atomic E-state index is 11.9. The molecule has 1 aromatic heterocycles. The number of halogens is 2. The topological polar surface area (TPSA) is 42.9 Å². The molecule has 18 heavy (non-hydrogen) atoms. The van der Waals surface area contributed by atoms with Crippen molar-refractivity contribution in [3.63, 3.8) is 0 Å². The van der Waals surface area contributed by atoms with E-state index in [1.54, 1.807) is 6.07 Å². The predicted molar refractivity (Wildman–Crippen MR) is 78.7 cm³/mol. The maximum atomic E-state index is 11.9. The second-order valence-electron chi connectivity index (χ2n) is 4.39. The number of carbonyl (C=O) groups excluding carboxylic acids is 1. The lowest BCUT2D eigenvalue weighted by atomic mass is 10.00. The Morgan fingerprint density at radius 1 is 1.44 bits per heavy atom. The van der Waals surface area contributed by atoms with Gasteiger partial charge in [-0.15, -0.1) is 0 Å². The SMILES string of the molecule is CC(C)C(=O)C(Br)Cc1c(Cl)ccc2nsnc12. The molecule has 0 aliphatic rings. The van der Waals surface area contributed by atoms with Gasteiger partial charge in [0.1, 0.15) is 16.8 Å². The number of carbonyl (C=O) groups is 1. The molecule has 96 valence electrons. The zero-order valence-electron chi connectivity index (χ0n) is 9.98. The lowest BCUT2D eigenvalue weighted by Crippen LogP contribution is -2.22. The van der Waals surface area contributed by atoms with Crippen LogP contribution in [0.1, 0.15) is 19.4 Å². The van der Waals surface area contributed by atoms with Crippen LogP contribution in [0.15, 0.2) is 12.1 Å². The van der Waals surface area contributed by atoms with E-state index in [2.05, 4.69) is 24.7 Å². The molecule has 1 heterocycles. The van der Waals surface area contributed by atoms with E-state index in [0.29, 0.717) is 11.4 Å². The minimum atomic E-state index is -0.234. The van der Waals surface area contributed by atoms with Gasteiger partial charge in [-0.05, 0) is 18.6 Å². The van der Waals surface area contributed by atoms with Crippen molar-refractivity contribution in [1.82, 2.24) is 8.75 Å². The van der Waals surface area contributed by atoms with E-state index in [1.165, 1.54) is 0 Å². The number of aromatic nitrogens is 2. The summed E-state index contributed by atoms with van der Waals surface area (Å²) in [6.07, 6.45) is 0.540. The predicted octanol–water partition coefficient (Wildman–Crippen LogP) is 3.88. The van der Waals surface area contributed by atoms with Crippen molar-refractivity contribution in [2.24, 2.45) is 5.92 Å². The van der Waals surface area contributed by atoms with Crippen LogP contribution < -0.4 is 0 Å². The van der Waals surface area contributed by atoms with Crippen molar-refractivity contribution in [2.45, 2.75) is 25.1 Å². The number of hydrogen-bond acceptors (Lipinski definition) is 4. The summed E-state index contributed by atoms with van der Waals surface area (Å²) in [6.45, 7) is 3.78. The first-order valence-corrected chi connectivity index (χ1v) is 7.60. The molecule has 0 fully saturated rings. The van der Waals surface area contributed by atoms with E-state index in [4.69, 9.17) is 11.6 Å². The van der Waals surface area contributed by atoms with Gasteiger partial charge in [-0.25, -0.2) is 0 Å². The molecule has 1 unspecified atom stereocenters. The number of alkyl halides is 1. The molecule has 0 aliphatic carbocycles. The first-order valence-electron chi connectivity index (χ1n) is 5.58. The van der Waals surface area contributed by atoms with E-state index < -0.39 is 0 Å². The third-order valence-electron chi connectivity index (χ3n) is 2.74. The first-order chi connectivity index (χ1) is 8.50. The largest absolute Gasteiger partial charge is 0.298 e. The fourth-order valence-electron chi connectivity index (χ4n) is 1.72. The molecule has 0 aliphatic heterocycles. The number of benzene rings is 1. The van der Waals surface area contributed by atoms with Crippen LogP contribution in [0.5, 0.6) is 0 Å². The normalized spacial score (nSPS) is 13.2. The molecule has 6 heteroatoms. The first kappa shape index (κ1) is 13.9. The van der Waals surface area contributed by atoms with Crippen molar-refractivity contribution >= 4 is 56.1 Å². The molecule has 0 bridgehead atoms. The lowest BCUT2D eigenvalue weighted by molar-refractivity contribution is -0.121. The Balaban J connectivity index is 2.34. The smallest absolute Gasteiger partial charge is 0.149 e. The van der Waals surface area contributed by atoms with Gasteiger partial charge < -0.3 is 0 Å². The molecule has 2 aromatic rings. The van der Waals surface area contributed by atoms with Crippen molar-refractivity contribution in [3.8, 4) is 0 Å². The van der Waals surface area contributed by atoms with Gasteiger partial charge in [-0.3, -0.25) is 4.79 Å². The van der Waals surface area contributed by atoms with Crippen molar-refractivity contribution in [1.29, 1.82) is 0 Å². The third kappa shape index (κ3) is 2.73. The Labute approximate surface area is 123 Å². The number of Topliss-reactive ketones (excluding diaryl/α,β-unsaturated/α-hetero) is 1. The number of fused-ring (bicyclic) bond motifs is 1. The zero-order chi connectivity index (χ0) is 13.3. The molecule has 0 spiro atoms. The molecule has 1 aromatic carbocycles. The summed E-state index contributed by atoms with van der Waals surface area (Å²) in [5, 5.41) is 0.635. The summed E-state index contributed by atoms with van der Waals surface area (Å²) in [4.78, 5) is 11.7.